The van der Waals surface area contributed by atoms with Gasteiger partial charge in [-0.25, -0.2) is 0 Å². The molecule has 0 bridgehead atoms. The van der Waals surface area contributed by atoms with Crippen molar-refractivity contribution in [1.82, 2.24) is 0 Å². The lowest BCUT2D eigenvalue weighted by molar-refractivity contribution is 0.108. The van der Waals surface area contributed by atoms with Gasteiger partial charge in [-0.1, -0.05) is 18.2 Å². The van der Waals surface area contributed by atoms with Crippen LogP contribution in [-0.4, -0.2) is 10.3 Å². The summed E-state index contributed by atoms with van der Waals surface area (Å²) in [5.41, 5.74) is 1.11. The van der Waals surface area contributed by atoms with E-state index < -0.39 is 11.3 Å². The van der Waals surface area contributed by atoms with Crippen molar-refractivity contribution in [3.8, 4) is 0 Å². The molecule has 0 aromatic heterocycles. The van der Waals surface area contributed by atoms with Crippen LogP contribution in [0.1, 0.15) is 28.9 Å². The van der Waals surface area contributed by atoms with E-state index in [1.54, 1.807) is 31.2 Å². The van der Waals surface area contributed by atoms with Crippen LogP contribution in [0.25, 0.3) is 0 Å². The number of hydrogen-bond donors (Lipinski definition) is 1. The lowest BCUT2D eigenvalue weighted by atomic mass is 10.1. The second-order valence-corrected chi connectivity index (χ2v) is 2.92. The van der Waals surface area contributed by atoms with Crippen LogP contribution in [0.5, 0.6) is 0 Å². The Kier molecular flexibility index (Phi) is 2.84. The van der Waals surface area contributed by atoms with Crippen molar-refractivity contribution >= 4 is 16.8 Å². The third-order valence-electron chi connectivity index (χ3n) is 1.60. The Hall–Kier alpha value is -0.860. The van der Waals surface area contributed by atoms with E-state index in [1.807, 2.05) is 0 Å². The lowest BCUT2D eigenvalue weighted by Crippen LogP contribution is -1.94. The van der Waals surface area contributed by atoms with Gasteiger partial charge in [0.2, 0.25) is 0 Å². The molecule has 1 N–H and O–H groups in total. The monoisotopic (exact) mass is 184 g/mol. The molecule has 12 heavy (non-hydrogen) atoms. The fourth-order valence-corrected chi connectivity index (χ4v) is 1.04. The number of halogens is 1. The lowest BCUT2D eigenvalue weighted by Gasteiger charge is -2.04. The number of carbonyl (C=O) groups is 1. The van der Waals surface area contributed by atoms with E-state index in [-0.39, 0.29) is 0 Å². The normalized spacial score (nSPS) is 12.6. The van der Waals surface area contributed by atoms with Crippen LogP contribution in [0, 0.1) is 0 Å². The molecule has 1 aromatic carbocycles. The van der Waals surface area contributed by atoms with Crippen molar-refractivity contribution in [2.24, 2.45) is 0 Å². The Balaban J connectivity index is 3.04. The summed E-state index contributed by atoms with van der Waals surface area (Å²) < 4.78 is 0. The predicted octanol–water partition coefficient (Wildman–Crippen LogP) is 2.12. The van der Waals surface area contributed by atoms with Gasteiger partial charge in [-0.3, -0.25) is 4.79 Å². The molecule has 0 radical (unpaired) electrons. The maximum Gasteiger partial charge on any atom is 0.252 e. The molecule has 1 aromatic rings. The molecule has 2 nitrogen and oxygen atoms in total. The Morgan fingerprint density at radius 1 is 1.58 bits per heavy atom. The van der Waals surface area contributed by atoms with E-state index in [4.69, 9.17) is 11.6 Å². The minimum absolute atomic E-state index is 0.412. The van der Waals surface area contributed by atoms with Crippen LogP contribution >= 0.6 is 11.6 Å². The SMILES string of the molecule is C[C@H](O)c1cccc(C(=O)Cl)c1. The van der Waals surface area contributed by atoms with E-state index in [0.29, 0.717) is 11.1 Å². The van der Waals surface area contributed by atoms with Crippen LogP contribution in [0.15, 0.2) is 24.3 Å². The second kappa shape index (κ2) is 3.70. The quantitative estimate of drug-likeness (QED) is 0.715. The molecule has 64 valence electrons. The van der Waals surface area contributed by atoms with Crippen molar-refractivity contribution in [3.05, 3.63) is 35.4 Å². The van der Waals surface area contributed by atoms with Crippen LogP contribution in [-0.2, 0) is 0 Å². The molecule has 3 heteroatoms. The number of aliphatic hydroxyl groups excluding tert-OH is 1. The molecule has 0 aliphatic heterocycles. The Bertz CT molecular complexity index is 294. The minimum Gasteiger partial charge on any atom is -0.389 e. The standard InChI is InChI=1S/C9H9ClO2/c1-6(11)7-3-2-4-8(5-7)9(10)12/h2-6,11H,1H3/t6-/m0/s1. The summed E-state index contributed by atoms with van der Waals surface area (Å²) in [6, 6.07) is 6.63. The molecule has 0 aliphatic carbocycles. The Labute approximate surface area is 75.8 Å². The van der Waals surface area contributed by atoms with Crippen molar-refractivity contribution < 1.29 is 9.90 Å². The molecule has 1 atom stereocenters. The van der Waals surface area contributed by atoms with Crippen molar-refractivity contribution in [2.45, 2.75) is 13.0 Å². The first-order chi connectivity index (χ1) is 5.61. The summed E-state index contributed by atoms with van der Waals surface area (Å²) in [5, 5.41) is 8.67. The molecule has 0 amide bonds. The first-order valence-corrected chi connectivity index (χ1v) is 3.97. The molecular weight excluding hydrogens is 176 g/mol. The highest BCUT2D eigenvalue weighted by atomic mass is 35.5. The molecular formula is C9H9ClO2. The van der Waals surface area contributed by atoms with E-state index in [0.717, 1.165) is 0 Å². The number of benzene rings is 1. The summed E-state index contributed by atoms with van der Waals surface area (Å²) >= 11 is 5.26. The van der Waals surface area contributed by atoms with Gasteiger partial charge in [-0.05, 0) is 30.2 Å². The zero-order valence-electron chi connectivity index (χ0n) is 6.62. The van der Waals surface area contributed by atoms with Gasteiger partial charge >= 0.3 is 0 Å². The largest absolute Gasteiger partial charge is 0.389 e. The van der Waals surface area contributed by atoms with Gasteiger partial charge in [-0.15, -0.1) is 0 Å². The van der Waals surface area contributed by atoms with E-state index in [1.165, 1.54) is 0 Å². The van der Waals surface area contributed by atoms with Gasteiger partial charge in [0, 0.05) is 5.56 Å². The van der Waals surface area contributed by atoms with Crippen LogP contribution < -0.4 is 0 Å². The topological polar surface area (TPSA) is 37.3 Å². The van der Waals surface area contributed by atoms with Crippen molar-refractivity contribution in [2.75, 3.05) is 0 Å². The molecule has 0 unspecified atom stereocenters. The zero-order chi connectivity index (χ0) is 9.14. The van der Waals surface area contributed by atoms with E-state index in [2.05, 4.69) is 0 Å². The number of carbonyl (C=O) groups excluding carboxylic acids is 1. The zero-order valence-corrected chi connectivity index (χ0v) is 7.38. The summed E-state index contributed by atoms with van der Waals surface area (Å²) in [6.07, 6.45) is -0.569. The summed E-state index contributed by atoms with van der Waals surface area (Å²) in [6.45, 7) is 1.64. The second-order valence-electron chi connectivity index (χ2n) is 2.58. The molecule has 1 rings (SSSR count). The van der Waals surface area contributed by atoms with Crippen molar-refractivity contribution in [1.29, 1.82) is 0 Å². The predicted molar refractivity (Wildman–Crippen MR) is 47.3 cm³/mol. The summed E-state index contributed by atoms with van der Waals surface area (Å²) in [4.78, 5) is 10.7. The number of rotatable bonds is 2. The fraction of sp³-hybridized carbons (Fsp3) is 0.222. The highest BCUT2D eigenvalue weighted by molar-refractivity contribution is 6.67. The first-order valence-electron chi connectivity index (χ1n) is 3.59. The molecule has 0 spiro atoms. The van der Waals surface area contributed by atoms with Crippen LogP contribution in [0.4, 0.5) is 0 Å². The average molecular weight is 185 g/mol. The average Bonchev–Trinajstić information content (AvgIpc) is 2.04. The molecule has 0 saturated heterocycles. The molecule has 0 heterocycles. The fourth-order valence-electron chi connectivity index (χ4n) is 0.921. The van der Waals surface area contributed by atoms with Gasteiger partial charge in [-0.2, -0.15) is 0 Å². The first kappa shape index (κ1) is 9.23. The molecule has 0 aliphatic rings. The van der Waals surface area contributed by atoms with Gasteiger partial charge in [0.05, 0.1) is 6.10 Å². The summed E-state index contributed by atoms with van der Waals surface area (Å²) in [5.74, 6) is 0. The van der Waals surface area contributed by atoms with Crippen LogP contribution in [0.2, 0.25) is 0 Å². The third kappa shape index (κ3) is 2.06. The minimum atomic E-state index is -0.569. The van der Waals surface area contributed by atoms with Gasteiger partial charge in [0.1, 0.15) is 0 Å². The Morgan fingerprint density at radius 3 is 2.75 bits per heavy atom. The van der Waals surface area contributed by atoms with Crippen LogP contribution in [0.3, 0.4) is 0 Å². The van der Waals surface area contributed by atoms with E-state index in [9.17, 15) is 9.90 Å². The van der Waals surface area contributed by atoms with Gasteiger partial charge < -0.3 is 5.11 Å². The van der Waals surface area contributed by atoms with Gasteiger partial charge in [0.15, 0.2) is 0 Å². The smallest absolute Gasteiger partial charge is 0.252 e. The summed E-state index contributed by atoms with van der Waals surface area (Å²) in [7, 11) is 0. The Morgan fingerprint density at radius 2 is 2.25 bits per heavy atom. The number of aliphatic hydroxyl groups is 1. The maximum absolute atomic E-state index is 10.7. The highest BCUT2D eigenvalue weighted by Gasteiger charge is 2.04. The third-order valence-corrected chi connectivity index (χ3v) is 1.81. The molecule has 0 saturated carbocycles. The maximum atomic E-state index is 10.7. The van der Waals surface area contributed by atoms with Gasteiger partial charge in [0.25, 0.3) is 5.24 Å². The van der Waals surface area contributed by atoms with E-state index >= 15 is 0 Å². The van der Waals surface area contributed by atoms with Crippen molar-refractivity contribution in [3.63, 3.8) is 0 Å². The molecule has 0 fully saturated rings. The highest BCUT2D eigenvalue weighted by Crippen LogP contribution is 2.14. The number of hydrogen-bond acceptors (Lipinski definition) is 2.